The summed E-state index contributed by atoms with van der Waals surface area (Å²) in [6.45, 7) is 1.92. The van der Waals surface area contributed by atoms with Crippen molar-refractivity contribution in [2.75, 3.05) is 30.4 Å². The van der Waals surface area contributed by atoms with Gasteiger partial charge >= 0.3 is 0 Å². The molecule has 1 amide bonds. The van der Waals surface area contributed by atoms with Gasteiger partial charge in [-0.15, -0.1) is 10.2 Å². The fourth-order valence-electron chi connectivity index (χ4n) is 3.65. The van der Waals surface area contributed by atoms with Gasteiger partial charge in [0.2, 0.25) is 5.91 Å². The van der Waals surface area contributed by atoms with Crippen LogP contribution < -0.4 is 14.4 Å². The highest BCUT2D eigenvalue weighted by atomic mass is 32.2. The molecule has 35 heavy (non-hydrogen) atoms. The van der Waals surface area contributed by atoms with Crippen LogP contribution in [0.1, 0.15) is 11.3 Å². The lowest BCUT2D eigenvalue weighted by atomic mass is 10.2. The molecular formula is C26H24N4O4S. The summed E-state index contributed by atoms with van der Waals surface area (Å²) in [5, 5.41) is 8.82. The first-order valence-electron chi connectivity index (χ1n) is 11.2. The molecule has 0 N–H and O–H groups in total. The Morgan fingerprint density at radius 3 is 2.74 bits per heavy atom. The maximum Gasteiger partial charge on any atom is 0.237 e. The average Bonchev–Trinajstić information content (AvgIpc) is 3.58. The number of furan rings is 1. The molecule has 1 aliphatic rings. The van der Waals surface area contributed by atoms with Crippen LogP contribution in [0.4, 0.5) is 5.69 Å². The zero-order valence-electron chi connectivity index (χ0n) is 18.9. The largest absolute Gasteiger partial charge is 0.486 e. The van der Waals surface area contributed by atoms with Gasteiger partial charge in [-0.3, -0.25) is 4.79 Å². The van der Waals surface area contributed by atoms with Crippen molar-refractivity contribution in [1.29, 1.82) is 0 Å². The predicted octanol–water partition coefficient (Wildman–Crippen LogP) is 4.53. The number of aromatic nitrogens is 3. The Morgan fingerprint density at radius 2 is 1.91 bits per heavy atom. The second-order valence-corrected chi connectivity index (χ2v) is 8.70. The normalized spacial score (nSPS) is 12.7. The number of ether oxygens (including phenoxy) is 2. The molecule has 0 bridgehead atoms. The molecule has 0 spiro atoms. The molecule has 0 saturated carbocycles. The summed E-state index contributed by atoms with van der Waals surface area (Å²) in [5.74, 6) is 2.26. The number of nitrogens with zero attached hydrogens (tertiary/aromatic N) is 4. The number of hydrogen-bond donors (Lipinski definition) is 0. The van der Waals surface area contributed by atoms with E-state index in [1.807, 2.05) is 77.4 Å². The van der Waals surface area contributed by atoms with Crippen LogP contribution in [0.3, 0.4) is 0 Å². The van der Waals surface area contributed by atoms with Crippen LogP contribution in [-0.2, 0) is 11.3 Å². The smallest absolute Gasteiger partial charge is 0.237 e. The first-order chi connectivity index (χ1) is 17.3. The Kier molecular flexibility index (Phi) is 7.14. The van der Waals surface area contributed by atoms with Crippen molar-refractivity contribution in [2.45, 2.75) is 11.7 Å². The fraction of sp³-hybridized carbons (Fsp3) is 0.192. The summed E-state index contributed by atoms with van der Waals surface area (Å²) in [6, 6.07) is 19.3. The maximum atomic E-state index is 13.4. The maximum absolute atomic E-state index is 13.4. The van der Waals surface area contributed by atoms with E-state index in [0.717, 1.165) is 17.0 Å². The van der Waals surface area contributed by atoms with Crippen LogP contribution in [-0.4, -0.2) is 46.2 Å². The quantitative estimate of drug-likeness (QED) is 0.320. The van der Waals surface area contributed by atoms with E-state index in [0.29, 0.717) is 43.0 Å². The summed E-state index contributed by atoms with van der Waals surface area (Å²) in [7, 11) is 0. The Morgan fingerprint density at radius 1 is 1.06 bits per heavy atom. The SMILES string of the molecule is O=C(CSc1nncn1Cc1ccco1)N(C/C=C/c1ccccc1)c1ccc2c(c1)OCCO2. The Labute approximate surface area is 207 Å². The van der Waals surface area contributed by atoms with Crippen molar-refractivity contribution in [3.05, 3.63) is 90.7 Å². The summed E-state index contributed by atoms with van der Waals surface area (Å²) < 4.78 is 18.7. The third kappa shape index (κ3) is 5.75. The molecule has 0 atom stereocenters. The third-order valence-electron chi connectivity index (χ3n) is 5.35. The number of benzene rings is 2. The predicted molar refractivity (Wildman–Crippen MR) is 134 cm³/mol. The lowest BCUT2D eigenvalue weighted by Crippen LogP contribution is -2.33. The topological polar surface area (TPSA) is 82.6 Å². The van der Waals surface area contributed by atoms with Crippen molar-refractivity contribution < 1.29 is 18.7 Å². The van der Waals surface area contributed by atoms with Gasteiger partial charge in [0.15, 0.2) is 16.7 Å². The lowest BCUT2D eigenvalue weighted by molar-refractivity contribution is -0.116. The highest BCUT2D eigenvalue weighted by Gasteiger charge is 2.20. The van der Waals surface area contributed by atoms with Gasteiger partial charge in [-0.05, 0) is 29.8 Å². The third-order valence-corrected chi connectivity index (χ3v) is 6.31. The summed E-state index contributed by atoms with van der Waals surface area (Å²) in [5.41, 5.74) is 1.82. The Balaban J connectivity index is 1.32. The molecule has 0 unspecified atom stereocenters. The van der Waals surface area contributed by atoms with Crippen molar-refractivity contribution in [2.24, 2.45) is 0 Å². The van der Waals surface area contributed by atoms with Gasteiger partial charge in [0, 0.05) is 18.3 Å². The van der Waals surface area contributed by atoms with Gasteiger partial charge in [0.25, 0.3) is 0 Å². The van der Waals surface area contributed by atoms with Crippen LogP contribution in [0.2, 0.25) is 0 Å². The van der Waals surface area contributed by atoms with E-state index in [4.69, 9.17) is 13.9 Å². The molecule has 5 rings (SSSR count). The molecule has 9 heteroatoms. The number of carbonyl (C=O) groups excluding carboxylic acids is 1. The van der Waals surface area contributed by atoms with Crippen LogP contribution in [0.15, 0.2) is 88.9 Å². The van der Waals surface area contributed by atoms with E-state index in [-0.39, 0.29) is 11.7 Å². The number of amides is 1. The van der Waals surface area contributed by atoms with E-state index in [9.17, 15) is 4.79 Å². The molecule has 0 radical (unpaired) electrons. The van der Waals surface area contributed by atoms with Crippen LogP contribution in [0.5, 0.6) is 11.5 Å². The van der Waals surface area contributed by atoms with Gasteiger partial charge in [0.05, 0.1) is 18.6 Å². The van der Waals surface area contributed by atoms with E-state index >= 15 is 0 Å². The monoisotopic (exact) mass is 488 g/mol. The van der Waals surface area contributed by atoms with Gasteiger partial charge < -0.3 is 23.4 Å². The Bertz CT molecular complexity index is 1290. The van der Waals surface area contributed by atoms with Crippen LogP contribution in [0.25, 0.3) is 6.08 Å². The molecule has 3 heterocycles. The van der Waals surface area contributed by atoms with Crippen molar-refractivity contribution in [3.63, 3.8) is 0 Å². The van der Waals surface area contributed by atoms with Crippen LogP contribution in [0, 0.1) is 0 Å². The number of anilines is 1. The van der Waals surface area contributed by atoms with Crippen LogP contribution >= 0.6 is 11.8 Å². The minimum absolute atomic E-state index is 0.0584. The number of thioether (sulfide) groups is 1. The average molecular weight is 489 g/mol. The van der Waals surface area contributed by atoms with Crippen molar-refractivity contribution >= 4 is 29.4 Å². The zero-order valence-corrected chi connectivity index (χ0v) is 19.8. The van der Waals surface area contributed by atoms with E-state index in [1.165, 1.54) is 11.8 Å². The molecule has 4 aromatic rings. The summed E-state index contributed by atoms with van der Waals surface area (Å²) in [4.78, 5) is 15.1. The standard InChI is InChI=1S/C26H24N4O4S/c31-25(18-35-26-28-27-19-29(26)17-22-9-5-13-32-22)30(12-4-8-20-6-2-1-3-7-20)21-10-11-23-24(16-21)34-15-14-33-23/h1-11,13,16,19H,12,14-15,17-18H2/b8-4+. The van der Waals surface area contributed by atoms with Crippen molar-refractivity contribution in [3.8, 4) is 11.5 Å². The molecular weight excluding hydrogens is 464 g/mol. The molecule has 2 aromatic heterocycles. The molecule has 0 aliphatic carbocycles. The van der Waals surface area contributed by atoms with E-state index in [1.54, 1.807) is 17.5 Å². The highest BCUT2D eigenvalue weighted by Crippen LogP contribution is 2.34. The first-order valence-corrected chi connectivity index (χ1v) is 12.2. The number of carbonyl (C=O) groups is 1. The highest BCUT2D eigenvalue weighted by molar-refractivity contribution is 7.99. The minimum Gasteiger partial charge on any atom is -0.486 e. The molecule has 0 fully saturated rings. The fourth-order valence-corrected chi connectivity index (χ4v) is 4.44. The van der Waals surface area contributed by atoms with Crippen molar-refractivity contribution in [1.82, 2.24) is 14.8 Å². The van der Waals surface area contributed by atoms with Gasteiger partial charge in [0.1, 0.15) is 25.3 Å². The molecule has 0 saturated heterocycles. The molecule has 8 nitrogen and oxygen atoms in total. The Hall–Kier alpha value is -3.98. The molecule has 2 aromatic carbocycles. The van der Waals surface area contributed by atoms with Gasteiger partial charge in [-0.25, -0.2) is 0 Å². The van der Waals surface area contributed by atoms with E-state index in [2.05, 4.69) is 10.2 Å². The number of rotatable bonds is 9. The van der Waals surface area contributed by atoms with Gasteiger partial charge in [-0.1, -0.05) is 54.2 Å². The summed E-state index contributed by atoms with van der Waals surface area (Å²) in [6.07, 6.45) is 7.25. The molecule has 178 valence electrons. The van der Waals surface area contributed by atoms with Gasteiger partial charge in [-0.2, -0.15) is 0 Å². The first kappa shape index (κ1) is 22.8. The lowest BCUT2D eigenvalue weighted by Gasteiger charge is -2.24. The minimum atomic E-state index is -0.0584. The second-order valence-electron chi connectivity index (χ2n) is 7.75. The molecule has 1 aliphatic heterocycles. The number of fused-ring (bicyclic) bond motifs is 1. The second kappa shape index (κ2) is 11.0. The summed E-state index contributed by atoms with van der Waals surface area (Å²) >= 11 is 1.34. The van der Waals surface area contributed by atoms with E-state index < -0.39 is 0 Å². The number of hydrogen-bond acceptors (Lipinski definition) is 7. The zero-order chi connectivity index (χ0) is 23.9.